The zero-order valence-electron chi connectivity index (χ0n) is 17.9. The smallest absolute Gasteiger partial charge is 0.264 e. The highest BCUT2D eigenvalue weighted by Gasteiger charge is 2.37. The second-order valence-corrected chi connectivity index (χ2v) is 9.74. The number of amides is 1. The molecule has 4 rings (SSSR count). The van der Waals surface area contributed by atoms with Gasteiger partial charge in [-0.1, -0.05) is 48.0 Å². The largest absolute Gasteiger partial charge is 0.492 e. The van der Waals surface area contributed by atoms with Crippen molar-refractivity contribution in [2.45, 2.75) is 17.9 Å². The van der Waals surface area contributed by atoms with Gasteiger partial charge in [-0.2, -0.15) is 0 Å². The molecule has 0 bridgehead atoms. The van der Waals surface area contributed by atoms with Crippen LogP contribution in [0.5, 0.6) is 11.5 Å². The molecule has 0 saturated heterocycles. The Labute approximate surface area is 197 Å². The van der Waals surface area contributed by atoms with Crippen molar-refractivity contribution in [3.8, 4) is 11.5 Å². The van der Waals surface area contributed by atoms with E-state index in [9.17, 15) is 13.2 Å². The number of nitrogens with zero attached hydrogens (tertiary/aromatic N) is 1. The first-order chi connectivity index (χ1) is 15.9. The fourth-order valence-corrected chi connectivity index (χ4v) is 5.07. The highest BCUT2D eigenvalue weighted by Crippen LogP contribution is 2.36. The number of fused-ring (bicyclic) bond motifs is 1. The van der Waals surface area contributed by atoms with Crippen LogP contribution < -0.4 is 19.1 Å². The molecule has 1 N–H and O–H groups in total. The minimum atomic E-state index is -3.87. The van der Waals surface area contributed by atoms with Gasteiger partial charge in [0.15, 0.2) is 6.10 Å². The minimum absolute atomic E-state index is 0.144. The molecule has 1 unspecified atom stereocenters. The molecule has 3 aromatic carbocycles. The maximum absolute atomic E-state index is 13.3. The van der Waals surface area contributed by atoms with Crippen molar-refractivity contribution >= 4 is 33.2 Å². The number of ether oxygens (including phenoxy) is 2. The molecular formula is C24H23ClN2O5S. The molecule has 3 aromatic rings. The highest BCUT2D eigenvalue weighted by molar-refractivity contribution is 7.92. The molecule has 0 aliphatic carbocycles. The number of hydrogen-bond donors (Lipinski definition) is 1. The summed E-state index contributed by atoms with van der Waals surface area (Å²) in [5.41, 5.74) is 1.34. The summed E-state index contributed by atoms with van der Waals surface area (Å²) in [6.45, 7) is 2.20. The summed E-state index contributed by atoms with van der Waals surface area (Å²) in [5.74, 6) is 0.500. The third-order valence-electron chi connectivity index (χ3n) is 5.17. The number of halogens is 1. The molecule has 0 radical (unpaired) electrons. The van der Waals surface area contributed by atoms with E-state index in [1.165, 1.54) is 16.4 Å². The van der Waals surface area contributed by atoms with E-state index in [4.69, 9.17) is 21.1 Å². The molecule has 0 spiro atoms. The summed E-state index contributed by atoms with van der Waals surface area (Å²) in [6.07, 6.45) is -1.01. The van der Waals surface area contributed by atoms with Gasteiger partial charge in [0, 0.05) is 5.02 Å². The average Bonchev–Trinajstić information content (AvgIpc) is 2.83. The molecule has 1 atom stereocenters. The summed E-state index contributed by atoms with van der Waals surface area (Å²) in [5, 5.41) is 3.35. The number of nitrogens with one attached hydrogen (secondary N) is 1. The van der Waals surface area contributed by atoms with Crippen LogP contribution in [0.15, 0.2) is 77.7 Å². The second kappa shape index (κ2) is 9.72. The first-order valence-corrected chi connectivity index (χ1v) is 12.2. The molecule has 0 saturated carbocycles. The number of hydrogen-bond acceptors (Lipinski definition) is 5. The van der Waals surface area contributed by atoms with Gasteiger partial charge >= 0.3 is 0 Å². The number of benzene rings is 3. The van der Waals surface area contributed by atoms with Gasteiger partial charge in [0.1, 0.15) is 18.1 Å². The third-order valence-corrected chi connectivity index (χ3v) is 7.37. The second-order valence-electron chi connectivity index (χ2n) is 7.47. The Morgan fingerprint density at radius 2 is 1.85 bits per heavy atom. The van der Waals surface area contributed by atoms with E-state index in [0.717, 1.165) is 5.56 Å². The van der Waals surface area contributed by atoms with Crippen LogP contribution in [-0.4, -0.2) is 40.1 Å². The zero-order chi connectivity index (χ0) is 23.4. The topological polar surface area (TPSA) is 84.9 Å². The van der Waals surface area contributed by atoms with Crippen LogP contribution in [0.1, 0.15) is 5.56 Å². The Kier molecular flexibility index (Phi) is 6.76. The molecule has 1 heterocycles. The maximum Gasteiger partial charge on any atom is 0.264 e. The fourth-order valence-electron chi connectivity index (χ4n) is 3.41. The Hall–Kier alpha value is -3.23. The average molecular weight is 487 g/mol. The first-order valence-electron chi connectivity index (χ1n) is 10.4. The van der Waals surface area contributed by atoms with Crippen molar-refractivity contribution in [1.82, 2.24) is 5.32 Å². The van der Waals surface area contributed by atoms with Gasteiger partial charge in [0.2, 0.25) is 0 Å². The highest BCUT2D eigenvalue weighted by atomic mass is 35.5. The van der Waals surface area contributed by atoms with Gasteiger partial charge < -0.3 is 14.8 Å². The molecule has 1 amide bonds. The van der Waals surface area contributed by atoms with Crippen molar-refractivity contribution in [3.63, 3.8) is 0 Å². The quantitative estimate of drug-likeness (QED) is 0.513. The normalized spacial score (nSPS) is 15.3. The Morgan fingerprint density at radius 1 is 1.12 bits per heavy atom. The van der Waals surface area contributed by atoms with E-state index >= 15 is 0 Å². The summed E-state index contributed by atoms with van der Waals surface area (Å²) < 4.78 is 39.3. The summed E-state index contributed by atoms with van der Waals surface area (Å²) in [6, 6.07) is 20.2. The first kappa shape index (κ1) is 22.9. The van der Waals surface area contributed by atoms with Crippen molar-refractivity contribution in [2.24, 2.45) is 0 Å². The lowest BCUT2D eigenvalue weighted by atomic mass is 10.2. The predicted octanol–water partition coefficient (Wildman–Crippen LogP) is 3.80. The van der Waals surface area contributed by atoms with Crippen molar-refractivity contribution < 1.29 is 22.7 Å². The molecule has 172 valence electrons. The molecule has 7 nitrogen and oxygen atoms in total. The summed E-state index contributed by atoms with van der Waals surface area (Å²) in [4.78, 5) is 12.9. The SMILES string of the molecule is Cc1ccc(OCCNC(=O)C2CN(S(=O)(=O)c3ccccc3)c3ccccc3O2)cc1Cl. The number of carbonyl (C=O) groups excluding carboxylic acids is 1. The van der Waals surface area contributed by atoms with Crippen molar-refractivity contribution in [1.29, 1.82) is 0 Å². The van der Waals surface area contributed by atoms with E-state index in [0.29, 0.717) is 22.2 Å². The van der Waals surface area contributed by atoms with Crippen LogP contribution in [0.4, 0.5) is 5.69 Å². The van der Waals surface area contributed by atoms with Crippen LogP contribution >= 0.6 is 11.6 Å². The van der Waals surface area contributed by atoms with E-state index in [1.807, 2.05) is 13.0 Å². The van der Waals surface area contributed by atoms with Crippen LogP contribution in [0.2, 0.25) is 5.02 Å². The molecule has 9 heteroatoms. The Bertz CT molecular complexity index is 1250. The Morgan fingerprint density at radius 3 is 2.61 bits per heavy atom. The van der Waals surface area contributed by atoms with E-state index in [1.54, 1.807) is 54.6 Å². The summed E-state index contributed by atoms with van der Waals surface area (Å²) >= 11 is 6.09. The van der Waals surface area contributed by atoms with E-state index in [-0.39, 0.29) is 24.6 Å². The van der Waals surface area contributed by atoms with Crippen LogP contribution in [0.25, 0.3) is 0 Å². The standard InChI is InChI=1S/C24H23ClN2O5S/c1-17-11-12-18(15-20(17)25)31-14-13-26-24(28)23-16-27(21-9-5-6-10-22(21)32-23)33(29,30)19-7-3-2-4-8-19/h2-12,15,23H,13-14,16H2,1H3,(H,26,28). The number of carbonyl (C=O) groups is 1. The summed E-state index contributed by atoms with van der Waals surface area (Å²) in [7, 11) is -3.87. The number of rotatable bonds is 7. The van der Waals surface area contributed by atoms with E-state index in [2.05, 4.69) is 5.32 Å². The number of sulfonamides is 1. The number of anilines is 1. The van der Waals surface area contributed by atoms with Crippen LogP contribution in [0.3, 0.4) is 0 Å². The molecular weight excluding hydrogens is 464 g/mol. The van der Waals surface area contributed by atoms with Gasteiger partial charge in [-0.05, 0) is 48.9 Å². The molecule has 1 aliphatic rings. The van der Waals surface area contributed by atoms with Gasteiger partial charge in [-0.15, -0.1) is 0 Å². The fraction of sp³-hybridized carbons (Fsp3) is 0.208. The molecule has 1 aliphatic heterocycles. The number of para-hydroxylation sites is 2. The number of aryl methyl sites for hydroxylation is 1. The molecule has 0 fully saturated rings. The Balaban J connectivity index is 1.44. The lowest BCUT2D eigenvalue weighted by molar-refractivity contribution is -0.127. The van der Waals surface area contributed by atoms with Gasteiger partial charge in [-0.25, -0.2) is 8.42 Å². The van der Waals surface area contributed by atoms with Crippen molar-refractivity contribution in [2.75, 3.05) is 24.0 Å². The van der Waals surface area contributed by atoms with E-state index < -0.39 is 22.0 Å². The van der Waals surface area contributed by atoms with Crippen molar-refractivity contribution in [3.05, 3.63) is 83.4 Å². The predicted molar refractivity (Wildman–Crippen MR) is 127 cm³/mol. The van der Waals surface area contributed by atoms with Gasteiger partial charge in [0.05, 0.1) is 23.7 Å². The zero-order valence-corrected chi connectivity index (χ0v) is 19.5. The lowest BCUT2D eigenvalue weighted by Crippen LogP contribution is -2.51. The van der Waals surface area contributed by atoms with Crippen LogP contribution in [0, 0.1) is 6.92 Å². The molecule has 33 heavy (non-hydrogen) atoms. The maximum atomic E-state index is 13.3. The monoisotopic (exact) mass is 486 g/mol. The third kappa shape index (κ3) is 5.07. The molecule has 0 aromatic heterocycles. The lowest BCUT2D eigenvalue weighted by Gasteiger charge is -2.34. The van der Waals surface area contributed by atoms with Gasteiger partial charge in [0.25, 0.3) is 15.9 Å². The van der Waals surface area contributed by atoms with Gasteiger partial charge in [-0.3, -0.25) is 9.10 Å². The minimum Gasteiger partial charge on any atom is -0.492 e. The van der Waals surface area contributed by atoms with Crippen LogP contribution in [-0.2, 0) is 14.8 Å².